The van der Waals surface area contributed by atoms with Crippen LogP contribution in [0.3, 0.4) is 0 Å². The molecule has 1 aliphatic carbocycles. The van der Waals surface area contributed by atoms with E-state index in [1.807, 2.05) is 18.4 Å². The Bertz CT molecular complexity index is 461. The summed E-state index contributed by atoms with van der Waals surface area (Å²) >= 11 is 1.90. The van der Waals surface area contributed by atoms with E-state index < -0.39 is 0 Å². The van der Waals surface area contributed by atoms with E-state index in [0.717, 1.165) is 12.5 Å². The zero-order chi connectivity index (χ0) is 14.8. The number of nitrogens with zero attached hydrogens (tertiary/aromatic N) is 3. The van der Waals surface area contributed by atoms with Gasteiger partial charge in [-0.05, 0) is 39.3 Å². The smallest absolute Gasteiger partial charge is 0.185 e. The molecule has 5 heteroatoms. The molecule has 2 heterocycles. The van der Waals surface area contributed by atoms with Gasteiger partial charge in [-0.2, -0.15) is 0 Å². The van der Waals surface area contributed by atoms with Gasteiger partial charge in [-0.3, -0.25) is 0 Å². The Labute approximate surface area is 132 Å². The van der Waals surface area contributed by atoms with Crippen molar-refractivity contribution in [3.8, 4) is 0 Å². The van der Waals surface area contributed by atoms with Crippen LogP contribution >= 0.6 is 11.3 Å². The fraction of sp³-hybridized carbons (Fsp3) is 0.812. The largest absolute Gasteiger partial charge is 0.348 e. The molecule has 1 N–H and O–H groups in total. The molecule has 0 unspecified atom stereocenters. The molecule has 1 aromatic heterocycles. The summed E-state index contributed by atoms with van der Waals surface area (Å²) in [5.41, 5.74) is 1.38. The van der Waals surface area contributed by atoms with Crippen LogP contribution in [0.5, 0.6) is 0 Å². The van der Waals surface area contributed by atoms with Crippen LogP contribution in [0.1, 0.15) is 49.1 Å². The first-order valence-corrected chi connectivity index (χ1v) is 9.14. The summed E-state index contributed by atoms with van der Waals surface area (Å²) in [5, 5.41) is 4.53. The Hall–Kier alpha value is -0.650. The number of anilines is 1. The minimum Gasteiger partial charge on any atom is -0.348 e. The van der Waals surface area contributed by atoms with Crippen LogP contribution in [0.2, 0.25) is 0 Å². The summed E-state index contributed by atoms with van der Waals surface area (Å²) in [7, 11) is 4.27. The van der Waals surface area contributed by atoms with E-state index in [9.17, 15) is 0 Å². The van der Waals surface area contributed by atoms with Crippen LogP contribution in [0, 0.1) is 0 Å². The second-order valence-corrected chi connectivity index (χ2v) is 7.45. The third-order valence-electron chi connectivity index (χ3n) is 4.87. The maximum Gasteiger partial charge on any atom is 0.185 e. The second kappa shape index (κ2) is 6.63. The highest BCUT2D eigenvalue weighted by molar-refractivity contribution is 7.15. The van der Waals surface area contributed by atoms with Crippen molar-refractivity contribution >= 4 is 16.5 Å². The van der Waals surface area contributed by atoms with Gasteiger partial charge < -0.3 is 15.1 Å². The monoisotopic (exact) mass is 308 g/mol. The van der Waals surface area contributed by atoms with Crippen LogP contribution in [0.25, 0.3) is 0 Å². The Balaban J connectivity index is 1.69. The maximum absolute atomic E-state index is 5.00. The number of nitrogens with one attached hydrogen (secondary N) is 1. The minimum atomic E-state index is 0.661. The Morgan fingerprint density at radius 3 is 2.57 bits per heavy atom. The zero-order valence-corrected chi connectivity index (χ0v) is 14.4. The molecule has 0 bridgehead atoms. The van der Waals surface area contributed by atoms with Gasteiger partial charge in [-0.1, -0.05) is 6.92 Å². The molecule has 1 aromatic rings. The number of thiazole rings is 1. The van der Waals surface area contributed by atoms with Gasteiger partial charge in [0.2, 0.25) is 0 Å². The number of rotatable bonds is 6. The third-order valence-corrected chi connectivity index (χ3v) is 6.03. The van der Waals surface area contributed by atoms with Crippen molar-refractivity contribution in [2.45, 2.75) is 51.1 Å². The van der Waals surface area contributed by atoms with Crippen LogP contribution in [-0.4, -0.2) is 49.7 Å². The van der Waals surface area contributed by atoms with Gasteiger partial charge in [0.1, 0.15) is 0 Å². The van der Waals surface area contributed by atoms with Gasteiger partial charge in [0, 0.05) is 43.5 Å². The summed E-state index contributed by atoms with van der Waals surface area (Å²) < 4.78 is 0. The maximum atomic E-state index is 5.00. The normalized spacial score (nSPS) is 20.9. The Kier molecular flexibility index (Phi) is 4.82. The lowest BCUT2D eigenvalue weighted by molar-refractivity contribution is 0.221. The molecule has 0 spiro atoms. The number of hydrogen-bond donors (Lipinski definition) is 1. The van der Waals surface area contributed by atoms with Crippen molar-refractivity contribution in [2.24, 2.45) is 0 Å². The molecule has 2 fully saturated rings. The second-order valence-electron chi connectivity index (χ2n) is 6.39. The molecular weight excluding hydrogens is 280 g/mol. The highest BCUT2D eigenvalue weighted by atomic mass is 32.1. The lowest BCUT2D eigenvalue weighted by Gasteiger charge is -2.36. The van der Waals surface area contributed by atoms with Gasteiger partial charge in [0.05, 0.1) is 5.69 Å². The van der Waals surface area contributed by atoms with Crippen LogP contribution in [-0.2, 0) is 6.54 Å². The van der Waals surface area contributed by atoms with E-state index in [0.29, 0.717) is 6.04 Å². The highest BCUT2D eigenvalue weighted by Gasteiger charge is 2.31. The number of aromatic nitrogens is 1. The molecule has 0 radical (unpaired) electrons. The lowest BCUT2D eigenvalue weighted by atomic mass is 10.0. The molecule has 1 saturated carbocycles. The van der Waals surface area contributed by atoms with Gasteiger partial charge in [-0.15, -0.1) is 11.3 Å². The number of piperidine rings is 1. The predicted molar refractivity (Wildman–Crippen MR) is 90.4 cm³/mol. The zero-order valence-electron chi connectivity index (χ0n) is 13.6. The topological polar surface area (TPSA) is 31.4 Å². The number of hydrogen-bond acceptors (Lipinski definition) is 5. The van der Waals surface area contributed by atoms with Crippen LogP contribution in [0.15, 0.2) is 0 Å². The highest BCUT2D eigenvalue weighted by Crippen LogP contribution is 2.44. The number of likely N-dealkylation sites (tertiary alicyclic amines) is 1. The van der Waals surface area contributed by atoms with Crippen molar-refractivity contribution in [1.82, 2.24) is 15.2 Å². The molecule has 1 aliphatic heterocycles. The fourth-order valence-corrected chi connectivity index (χ4v) is 4.43. The molecule has 4 nitrogen and oxygen atoms in total. The first-order valence-electron chi connectivity index (χ1n) is 8.32. The Morgan fingerprint density at radius 2 is 2.00 bits per heavy atom. The first-order chi connectivity index (χ1) is 10.2. The fourth-order valence-electron chi connectivity index (χ4n) is 3.24. The van der Waals surface area contributed by atoms with E-state index in [1.165, 1.54) is 61.0 Å². The van der Waals surface area contributed by atoms with E-state index in [2.05, 4.69) is 29.1 Å². The van der Waals surface area contributed by atoms with E-state index in [4.69, 9.17) is 4.98 Å². The SMILES string of the molecule is CCN1CCC(N(C)c2nc(C3CC3)c(CNC)s2)CC1. The van der Waals surface area contributed by atoms with Gasteiger partial charge in [0.25, 0.3) is 0 Å². The molecule has 0 aromatic carbocycles. The molecule has 118 valence electrons. The van der Waals surface area contributed by atoms with Gasteiger partial charge in [0.15, 0.2) is 5.13 Å². The Morgan fingerprint density at radius 1 is 1.29 bits per heavy atom. The standard InChI is InChI=1S/C16H28N4S/c1-4-20-9-7-13(8-10-20)19(3)16-18-15(12-5-6-12)14(21-16)11-17-2/h12-13,17H,4-11H2,1-3H3. The summed E-state index contributed by atoms with van der Waals surface area (Å²) in [6.07, 6.45) is 5.20. The van der Waals surface area contributed by atoms with Gasteiger partial charge in [-0.25, -0.2) is 4.98 Å². The quantitative estimate of drug-likeness (QED) is 0.875. The molecule has 1 saturated heterocycles. The van der Waals surface area contributed by atoms with Gasteiger partial charge >= 0.3 is 0 Å². The van der Waals surface area contributed by atoms with Crippen molar-refractivity contribution in [1.29, 1.82) is 0 Å². The average molecular weight is 308 g/mol. The van der Waals surface area contributed by atoms with Crippen LogP contribution in [0.4, 0.5) is 5.13 Å². The average Bonchev–Trinajstić information content (AvgIpc) is 3.28. The molecule has 3 rings (SSSR count). The van der Waals surface area contributed by atoms with Crippen molar-refractivity contribution in [2.75, 3.05) is 38.6 Å². The molecule has 2 aliphatic rings. The van der Waals surface area contributed by atoms with E-state index in [1.54, 1.807) is 0 Å². The van der Waals surface area contributed by atoms with E-state index >= 15 is 0 Å². The van der Waals surface area contributed by atoms with Crippen LogP contribution < -0.4 is 10.2 Å². The summed E-state index contributed by atoms with van der Waals surface area (Å²) in [4.78, 5) is 11.4. The molecular formula is C16H28N4S. The summed E-state index contributed by atoms with van der Waals surface area (Å²) in [5.74, 6) is 0.744. The van der Waals surface area contributed by atoms with E-state index in [-0.39, 0.29) is 0 Å². The van der Waals surface area contributed by atoms with Crippen molar-refractivity contribution in [3.05, 3.63) is 10.6 Å². The lowest BCUT2D eigenvalue weighted by Crippen LogP contribution is -2.43. The summed E-state index contributed by atoms with van der Waals surface area (Å²) in [6.45, 7) is 6.87. The molecule has 0 atom stereocenters. The molecule has 21 heavy (non-hydrogen) atoms. The third kappa shape index (κ3) is 3.41. The van der Waals surface area contributed by atoms with Crippen molar-refractivity contribution in [3.63, 3.8) is 0 Å². The summed E-state index contributed by atoms with van der Waals surface area (Å²) in [6, 6.07) is 0.661. The first kappa shape index (κ1) is 15.3. The molecule has 0 amide bonds. The predicted octanol–water partition coefficient (Wildman–Crippen LogP) is 2.66. The minimum absolute atomic E-state index is 0.661. The van der Waals surface area contributed by atoms with Crippen molar-refractivity contribution < 1.29 is 0 Å².